The number of thiazole rings is 1. The first-order valence-corrected chi connectivity index (χ1v) is 10.9. The minimum atomic E-state index is -0.155. The number of nitrogens with zero attached hydrogens (tertiary/aromatic N) is 4. The molecule has 0 bridgehead atoms. The fourth-order valence-electron chi connectivity index (χ4n) is 4.06. The summed E-state index contributed by atoms with van der Waals surface area (Å²) >= 11 is 1.61. The molecule has 4 rings (SSSR count). The van der Waals surface area contributed by atoms with Crippen LogP contribution in [-0.4, -0.2) is 59.6 Å². The van der Waals surface area contributed by atoms with E-state index < -0.39 is 0 Å². The summed E-state index contributed by atoms with van der Waals surface area (Å²) in [5, 5.41) is 6.35. The standard InChI is InChI=1S/C20H27N5O2S.2ClH/c1-15-4-7-25(14-16-3-2-5-21-13-16)19(27)17(15)18(26)23-8-10-24(11-9-23)20-22-6-12-28-20;;/h4,6-7,12,16,21H,2-3,5,8-11,13-14H2,1H3;2*1H. The molecule has 2 aromatic heterocycles. The summed E-state index contributed by atoms with van der Waals surface area (Å²) in [6, 6.07) is 1.90. The molecule has 0 spiro atoms. The third-order valence-electron chi connectivity index (χ3n) is 5.70. The van der Waals surface area contributed by atoms with Gasteiger partial charge in [0.2, 0.25) is 0 Å². The Labute approximate surface area is 193 Å². The smallest absolute Gasteiger partial charge is 0.263 e. The van der Waals surface area contributed by atoms with Crippen molar-refractivity contribution in [2.24, 2.45) is 5.92 Å². The minimum absolute atomic E-state index is 0. The van der Waals surface area contributed by atoms with Crippen molar-refractivity contribution in [1.29, 1.82) is 0 Å². The molecule has 0 radical (unpaired) electrons. The first-order valence-electron chi connectivity index (χ1n) is 9.98. The second-order valence-corrected chi connectivity index (χ2v) is 8.51. The van der Waals surface area contributed by atoms with E-state index in [1.54, 1.807) is 27.0 Å². The van der Waals surface area contributed by atoms with Crippen molar-refractivity contribution in [3.8, 4) is 0 Å². The van der Waals surface area contributed by atoms with Crippen molar-refractivity contribution in [2.75, 3.05) is 44.2 Å². The molecule has 2 aromatic rings. The molecule has 2 fully saturated rings. The molecule has 1 unspecified atom stereocenters. The molecule has 1 amide bonds. The lowest BCUT2D eigenvalue weighted by atomic mass is 9.99. The molecule has 0 saturated carbocycles. The molecule has 10 heteroatoms. The van der Waals surface area contributed by atoms with Gasteiger partial charge in [0.05, 0.1) is 0 Å². The van der Waals surface area contributed by atoms with Crippen molar-refractivity contribution in [3.05, 3.63) is 45.3 Å². The number of amides is 1. The van der Waals surface area contributed by atoms with E-state index in [4.69, 9.17) is 0 Å². The van der Waals surface area contributed by atoms with Gasteiger partial charge in [-0.2, -0.15) is 0 Å². The van der Waals surface area contributed by atoms with Gasteiger partial charge in [0.15, 0.2) is 5.13 Å². The SMILES string of the molecule is Cc1ccn(CC2CCCNC2)c(=O)c1C(=O)N1CCN(c2nccs2)CC1.Cl.Cl. The molecule has 0 aliphatic carbocycles. The number of pyridine rings is 1. The Kier molecular flexibility index (Phi) is 9.15. The number of aromatic nitrogens is 2. The van der Waals surface area contributed by atoms with Crippen LogP contribution in [-0.2, 0) is 6.54 Å². The van der Waals surface area contributed by atoms with Crippen molar-refractivity contribution in [1.82, 2.24) is 19.8 Å². The third kappa shape index (κ3) is 5.35. The molecule has 30 heavy (non-hydrogen) atoms. The number of nitrogens with one attached hydrogen (secondary N) is 1. The number of anilines is 1. The van der Waals surface area contributed by atoms with E-state index in [1.807, 2.05) is 24.6 Å². The van der Waals surface area contributed by atoms with Gasteiger partial charge in [-0.25, -0.2) is 4.98 Å². The van der Waals surface area contributed by atoms with Crippen LogP contribution in [0.15, 0.2) is 28.6 Å². The molecule has 2 saturated heterocycles. The summed E-state index contributed by atoms with van der Waals surface area (Å²) in [4.78, 5) is 34.6. The second kappa shape index (κ2) is 11.1. The van der Waals surface area contributed by atoms with Gasteiger partial charge < -0.3 is 19.7 Å². The monoisotopic (exact) mass is 473 g/mol. The highest BCUT2D eigenvalue weighted by Crippen LogP contribution is 2.20. The topological polar surface area (TPSA) is 70.5 Å². The molecule has 4 heterocycles. The van der Waals surface area contributed by atoms with E-state index in [0.717, 1.165) is 49.7 Å². The summed E-state index contributed by atoms with van der Waals surface area (Å²) in [6.07, 6.45) is 5.90. The molecule has 166 valence electrons. The van der Waals surface area contributed by atoms with Crippen LogP contribution in [0.25, 0.3) is 0 Å². The van der Waals surface area contributed by atoms with Crippen LogP contribution in [0.1, 0.15) is 28.8 Å². The summed E-state index contributed by atoms with van der Waals surface area (Å²) < 4.78 is 1.73. The number of rotatable bonds is 4. The number of aryl methyl sites for hydroxylation is 1. The summed E-state index contributed by atoms with van der Waals surface area (Å²) in [7, 11) is 0. The number of halogens is 2. The quantitative estimate of drug-likeness (QED) is 0.737. The number of hydrogen-bond acceptors (Lipinski definition) is 6. The average molecular weight is 474 g/mol. The maximum Gasteiger partial charge on any atom is 0.263 e. The first kappa shape index (κ1) is 24.7. The summed E-state index contributed by atoms with van der Waals surface area (Å²) in [6.45, 7) is 7.22. The van der Waals surface area contributed by atoms with Gasteiger partial charge in [0.1, 0.15) is 5.56 Å². The minimum Gasteiger partial charge on any atom is -0.345 e. The second-order valence-electron chi connectivity index (χ2n) is 7.64. The van der Waals surface area contributed by atoms with Gasteiger partial charge in [-0.05, 0) is 50.4 Å². The van der Waals surface area contributed by atoms with Crippen molar-refractivity contribution >= 4 is 47.2 Å². The summed E-state index contributed by atoms with van der Waals surface area (Å²) in [5.41, 5.74) is 0.933. The van der Waals surface area contributed by atoms with E-state index in [-0.39, 0.29) is 36.3 Å². The zero-order valence-corrected chi connectivity index (χ0v) is 19.5. The Morgan fingerprint density at radius 2 is 2.03 bits per heavy atom. The number of piperidine rings is 1. The molecule has 7 nitrogen and oxygen atoms in total. The molecular weight excluding hydrogens is 445 g/mol. The highest BCUT2D eigenvalue weighted by molar-refractivity contribution is 7.13. The van der Waals surface area contributed by atoms with Crippen molar-refractivity contribution < 1.29 is 4.79 Å². The Morgan fingerprint density at radius 3 is 2.67 bits per heavy atom. The van der Waals surface area contributed by atoms with Crippen LogP contribution >= 0.6 is 36.2 Å². The van der Waals surface area contributed by atoms with Gasteiger partial charge in [-0.1, -0.05) is 0 Å². The fourth-order valence-corrected chi connectivity index (χ4v) is 4.75. The average Bonchev–Trinajstić information content (AvgIpc) is 3.26. The summed E-state index contributed by atoms with van der Waals surface area (Å²) in [5.74, 6) is 0.302. The van der Waals surface area contributed by atoms with E-state index in [0.29, 0.717) is 31.1 Å². The van der Waals surface area contributed by atoms with Gasteiger partial charge in [-0.3, -0.25) is 9.59 Å². The van der Waals surface area contributed by atoms with E-state index in [2.05, 4.69) is 15.2 Å². The molecule has 2 aliphatic heterocycles. The van der Waals surface area contributed by atoms with Crippen LogP contribution in [0, 0.1) is 12.8 Å². The van der Waals surface area contributed by atoms with E-state index in [9.17, 15) is 9.59 Å². The van der Waals surface area contributed by atoms with Gasteiger partial charge in [-0.15, -0.1) is 36.2 Å². The van der Waals surface area contributed by atoms with Crippen molar-refractivity contribution in [2.45, 2.75) is 26.3 Å². The number of carbonyl (C=O) groups excluding carboxylic acids is 1. The number of hydrogen-bond donors (Lipinski definition) is 1. The van der Waals surface area contributed by atoms with Crippen molar-refractivity contribution in [3.63, 3.8) is 0 Å². The maximum atomic E-state index is 13.1. The predicted molar refractivity (Wildman–Crippen MR) is 126 cm³/mol. The highest BCUT2D eigenvalue weighted by Gasteiger charge is 2.27. The Balaban J connectivity index is 0.00000160. The fraction of sp³-hybridized carbons (Fsp3) is 0.550. The zero-order chi connectivity index (χ0) is 19.5. The van der Waals surface area contributed by atoms with Gasteiger partial charge >= 0.3 is 0 Å². The molecule has 1 N–H and O–H groups in total. The Hall–Kier alpha value is -1.61. The third-order valence-corrected chi connectivity index (χ3v) is 6.53. The Morgan fingerprint density at radius 1 is 1.27 bits per heavy atom. The molecular formula is C20H29Cl2N5O2S. The zero-order valence-electron chi connectivity index (χ0n) is 17.1. The van der Waals surface area contributed by atoms with Crippen LogP contribution in [0.3, 0.4) is 0 Å². The van der Waals surface area contributed by atoms with Crippen LogP contribution < -0.4 is 15.8 Å². The van der Waals surface area contributed by atoms with E-state index >= 15 is 0 Å². The number of carbonyl (C=O) groups is 1. The predicted octanol–water partition coefficient (Wildman–Crippen LogP) is 2.42. The van der Waals surface area contributed by atoms with Crippen LogP contribution in [0.5, 0.6) is 0 Å². The molecule has 2 aliphatic rings. The Bertz CT molecular complexity index is 876. The lowest BCUT2D eigenvalue weighted by Gasteiger charge is -2.34. The van der Waals surface area contributed by atoms with Gasteiger partial charge in [0, 0.05) is 50.5 Å². The lowest BCUT2D eigenvalue weighted by Crippen LogP contribution is -2.50. The maximum absolute atomic E-state index is 13.1. The first-order chi connectivity index (χ1) is 13.6. The molecule has 0 aromatic carbocycles. The highest BCUT2D eigenvalue weighted by atomic mass is 35.5. The van der Waals surface area contributed by atoms with E-state index in [1.165, 1.54) is 0 Å². The number of piperazine rings is 1. The van der Waals surface area contributed by atoms with Crippen LogP contribution in [0.4, 0.5) is 5.13 Å². The van der Waals surface area contributed by atoms with Gasteiger partial charge in [0.25, 0.3) is 11.5 Å². The lowest BCUT2D eigenvalue weighted by molar-refractivity contribution is 0.0743. The normalized spacial score (nSPS) is 19.0. The largest absolute Gasteiger partial charge is 0.345 e. The molecule has 1 atom stereocenters. The van der Waals surface area contributed by atoms with Crippen LogP contribution in [0.2, 0.25) is 0 Å².